The molecular formula is C11H16N4O4. The van der Waals surface area contributed by atoms with Crippen molar-refractivity contribution in [2.75, 3.05) is 18.9 Å². The van der Waals surface area contributed by atoms with Crippen LogP contribution >= 0.6 is 0 Å². The fourth-order valence-corrected chi connectivity index (χ4v) is 1.35. The van der Waals surface area contributed by atoms with Crippen LogP contribution in [0.2, 0.25) is 0 Å². The van der Waals surface area contributed by atoms with E-state index in [9.17, 15) is 14.9 Å². The Bertz CT molecular complexity index is 476. The Labute approximate surface area is 110 Å². The van der Waals surface area contributed by atoms with Gasteiger partial charge in [-0.1, -0.05) is 0 Å². The van der Waals surface area contributed by atoms with Gasteiger partial charge in [0.2, 0.25) is 0 Å². The van der Waals surface area contributed by atoms with Gasteiger partial charge in [0.1, 0.15) is 17.6 Å². The predicted octanol–water partition coefficient (Wildman–Crippen LogP) is 0.727. The summed E-state index contributed by atoms with van der Waals surface area (Å²) in [6.07, 6.45) is 1.03. The summed E-state index contributed by atoms with van der Waals surface area (Å²) >= 11 is 0. The molecule has 0 saturated heterocycles. The minimum atomic E-state index is -0.675. The maximum absolute atomic E-state index is 11.8. The lowest BCUT2D eigenvalue weighted by molar-refractivity contribution is -0.385. The molecule has 0 saturated carbocycles. The number of rotatable bonds is 6. The van der Waals surface area contributed by atoms with E-state index in [1.165, 1.54) is 6.07 Å². The number of carbonyl (C=O) groups is 1. The van der Waals surface area contributed by atoms with Crippen molar-refractivity contribution in [3.8, 4) is 0 Å². The molecule has 3 N–H and O–H groups in total. The summed E-state index contributed by atoms with van der Waals surface area (Å²) in [5, 5.41) is 13.3. The number of ether oxygens (including phenoxy) is 1. The summed E-state index contributed by atoms with van der Waals surface area (Å²) in [7, 11) is 0. The number of hydrogen-bond acceptors (Lipinski definition) is 6. The number of amides is 1. The van der Waals surface area contributed by atoms with E-state index in [1.54, 1.807) is 0 Å². The number of pyridine rings is 1. The molecular weight excluding hydrogens is 252 g/mol. The molecule has 104 valence electrons. The molecule has 0 unspecified atom stereocenters. The van der Waals surface area contributed by atoms with Gasteiger partial charge in [-0.15, -0.1) is 0 Å². The lowest BCUT2D eigenvalue weighted by Gasteiger charge is -2.09. The SMILES string of the molecule is CC(C)OCCNC(=O)c1cc(N)ncc1[N+](=O)[O-]. The molecule has 1 rings (SSSR count). The van der Waals surface area contributed by atoms with Gasteiger partial charge in [-0.05, 0) is 19.9 Å². The van der Waals surface area contributed by atoms with Crippen molar-refractivity contribution in [1.82, 2.24) is 10.3 Å². The number of aromatic nitrogens is 1. The Hall–Kier alpha value is -2.22. The Morgan fingerprint density at radius 3 is 2.89 bits per heavy atom. The van der Waals surface area contributed by atoms with Crippen molar-refractivity contribution in [2.24, 2.45) is 0 Å². The minimum absolute atomic E-state index is 0.0502. The summed E-state index contributed by atoms with van der Waals surface area (Å²) in [5.74, 6) is -0.526. The summed E-state index contributed by atoms with van der Waals surface area (Å²) < 4.78 is 5.24. The fourth-order valence-electron chi connectivity index (χ4n) is 1.35. The molecule has 0 fully saturated rings. The van der Waals surface area contributed by atoms with Crippen LogP contribution in [0.3, 0.4) is 0 Å². The molecule has 1 aromatic rings. The third-order valence-electron chi connectivity index (χ3n) is 2.18. The lowest BCUT2D eigenvalue weighted by atomic mass is 10.2. The van der Waals surface area contributed by atoms with E-state index in [-0.39, 0.29) is 29.7 Å². The van der Waals surface area contributed by atoms with Crippen molar-refractivity contribution in [1.29, 1.82) is 0 Å². The summed E-state index contributed by atoms with van der Waals surface area (Å²) in [4.78, 5) is 25.5. The van der Waals surface area contributed by atoms with E-state index >= 15 is 0 Å². The molecule has 8 nitrogen and oxygen atoms in total. The van der Waals surface area contributed by atoms with Gasteiger partial charge in [0.25, 0.3) is 11.6 Å². The fraction of sp³-hybridized carbons (Fsp3) is 0.455. The maximum Gasteiger partial charge on any atom is 0.300 e. The quantitative estimate of drug-likeness (QED) is 0.445. The maximum atomic E-state index is 11.8. The van der Waals surface area contributed by atoms with Crippen LogP contribution in [-0.4, -0.2) is 35.1 Å². The zero-order chi connectivity index (χ0) is 14.4. The molecule has 0 spiro atoms. The second-order valence-corrected chi connectivity index (χ2v) is 4.06. The summed E-state index contributed by atoms with van der Waals surface area (Å²) in [5.41, 5.74) is 4.93. The Morgan fingerprint density at radius 2 is 2.32 bits per heavy atom. The molecule has 19 heavy (non-hydrogen) atoms. The van der Waals surface area contributed by atoms with Crippen molar-refractivity contribution in [3.05, 3.63) is 27.9 Å². The van der Waals surface area contributed by atoms with Crippen LogP contribution in [0.4, 0.5) is 11.5 Å². The van der Waals surface area contributed by atoms with Crippen LogP contribution < -0.4 is 11.1 Å². The van der Waals surface area contributed by atoms with Crippen molar-refractivity contribution >= 4 is 17.4 Å². The number of hydrogen-bond donors (Lipinski definition) is 2. The molecule has 0 aliphatic rings. The summed E-state index contributed by atoms with van der Waals surface area (Å²) in [6.45, 7) is 4.33. The molecule has 8 heteroatoms. The van der Waals surface area contributed by atoms with E-state index in [0.717, 1.165) is 6.20 Å². The normalized spacial score (nSPS) is 10.5. The first-order chi connectivity index (χ1) is 8.91. The predicted molar refractivity (Wildman–Crippen MR) is 68.7 cm³/mol. The number of carbonyl (C=O) groups excluding carboxylic acids is 1. The third kappa shape index (κ3) is 4.51. The first kappa shape index (κ1) is 14.8. The number of nitrogens with one attached hydrogen (secondary N) is 1. The standard InChI is InChI=1S/C11H16N4O4/c1-7(2)19-4-3-13-11(16)8-5-10(12)14-6-9(8)15(17)18/h5-7H,3-4H2,1-2H3,(H2,12,14)(H,13,16). The molecule has 1 aromatic heterocycles. The van der Waals surface area contributed by atoms with Gasteiger partial charge in [-0.2, -0.15) is 0 Å². The van der Waals surface area contributed by atoms with E-state index in [2.05, 4.69) is 10.3 Å². The van der Waals surface area contributed by atoms with Crippen LogP contribution in [0.25, 0.3) is 0 Å². The van der Waals surface area contributed by atoms with E-state index in [0.29, 0.717) is 6.61 Å². The Balaban J connectivity index is 2.70. The van der Waals surface area contributed by atoms with Gasteiger partial charge in [0, 0.05) is 6.54 Å². The van der Waals surface area contributed by atoms with Crippen molar-refractivity contribution in [2.45, 2.75) is 20.0 Å². The van der Waals surface area contributed by atoms with Gasteiger partial charge < -0.3 is 15.8 Å². The number of anilines is 1. The highest BCUT2D eigenvalue weighted by Gasteiger charge is 2.20. The molecule has 0 aliphatic heterocycles. The van der Waals surface area contributed by atoms with Gasteiger partial charge in [0.05, 0.1) is 17.6 Å². The Kier molecular flexibility index (Phi) is 5.19. The monoisotopic (exact) mass is 268 g/mol. The lowest BCUT2D eigenvalue weighted by Crippen LogP contribution is -2.28. The van der Waals surface area contributed by atoms with Crippen molar-refractivity contribution < 1.29 is 14.5 Å². The van der Waals surface area contributed by atoms with Crippen molar-refractivity contribution in [3.63, 3.8) is 0 Å². The van der Waals surface area contributed by atoms with E-state index < -0.39 is 10.8 Å². The number of nitrogens with zero attached hydrogens (tertiary/aromatic N) is 2. The second kappa shape index (κ2) is 6.64. The van der Waals surface area contributed by atoms with Gasteiger partial charge in [-0.25, -0.2) is 4.98 Å². The zero-order valence-corrected chi connectivity index (χ0v) is 10.8. The Morgan fingerprint density at radius 1 is 1.63 bits per heavy atom. The number of nitro groups is 1. The topological polar surface area (TPSA) is 120 Å². The first-order valence-electron chi connectivity index (χ1n) is 5.71. The zero-order valence-electron chi connectivity index (χ0n) is 10.8. The highest BCUT2D eigenvalue weighted by molar-refractivity contribution is 5.98. The molecule has 0 atom stereocenters. The van der Waals surface area contributed by atoms with Gasteiger partial charge in [0.15, 0.2) is 0 Å². The van der Waals surface area contributed by atoms with Crippen LogP contribution in [0.1, 0.15) is 24.2 Å². The van der Waals surface area contributed by atoms with E-state index in [1.807, 2.05) is 13.8 Å². The molecule has 1 heterocycles. The van der Waals surface area contributed by atoms with Crippen LogP contribution in [0.15, 0.2) is 12.3 Å². The molecule has 0 bridgehead atoms. The number of nitrogen functional groups attached to an aromatic ring is 1. The van der Waals surface area contributed by atoms with Crippen LogP contribution in [0.5, 0.6) is 0 Å². The average Bonchev–Trinajstić information content (AvgIpc) is 2.33. The highest BCUT2D eigenvalue weighted by atomic mass is 16.6. The van der Waals surface area contributed by atoms with Gasteiger partial charge in [-0.3, -0.25) is 14.9 Å². The highest BCUT2D eigenvalue weighted by Crippen LogP contribution is 2.18. The first-order valence-corrected chi connectivity index (χ1v) is 5.71. The smallest absolute Gasteiger partial charge is 0.300 e. The third-order valence-corrected chi connectivity index (χ3v) is 2.18. The van der Waals surface area contributed by atoms with Gasteiger partial charge >= 0.3 is 0 Å². The van der Waals surface area contributed by atoms with E-state index in [4.69, 9.17) is 10.5 Å². The average molecular weight is 268 g/mol. The van der Waals surface area contributed by atoms with Crippen LogP contribution in [-0.2, 0) is 4.74 Å². The molecule has 0 aromatic carbocycles. The largest absolute Gasteiger partial charge is 0.384 e. The number of nitrogens with two attached hydrogens (primary N) is 1. The summed E-state index contributed by atoms with van der Waals surface area (Å²) in [6, 6.07) is 1.18. The molecule has 0 radical (unpaired) electrons. The minimum Gasteiger partial charge on any atom is -0.384 e. The molecule has 1 amide bonds. The second-order valence-electron chi connectivity index (χ2n) is 4.06. The van der Waals surface area contributed by atoms with Crippen LogP contribution in [0, 0.1) is 10.1 Å². The molecule has 0 aliphatic carbocycles.